The lowest BCUT2D eigenvalue weighted by Crippen LogP contribution is -2.42. The van der Waals surface area contributed by atoms with E-state index in [0.717, 1.165) is 25.7 Å². The molecule has 0 radical (unpaired) electrons. The lowest BCUT2D eigenvalue weighted by Gasteiger charge is -2.27. The van der Waals surface area contributed by atoms with Crippen molar-refractivity contribution < 1.29 is 19.1 Å². The van der Waals surface area contributed by atoms with Crippen LogP contribution in [-0.4, -0.2) is 18.5 Å². The van der Waals surface area contributed by atoms with E-state index in [0.29, 0.717) is 5.02 Å². The molecule has 1 aromatic carbocycles. The molecule has 0 aliphatic rings. The van der Waals surface area contributed by atoms with Crippen LogP contribution in [0, 0.1) is 5.41 Å². The number of benzene rings is 1. The van der Waals surface area contributed by atoms with Gasteiger partial charge in [-0.05, 0) is 31.4 Å². The summed E-state index contributed by atoms with van der Waals surface area (Å²) in [6.45, 7) is 5.88. The van der Waals surface area contributed by atoms with Gasteiger partial charge in [0.15, 0.2) is 11.2 Å². The van der Waals surface area contributed by atoms with E-state index in [-0.39, 0.29) is 35.2 Å². The molecule has 0 N–H and O–H groups in total. The van der Waals surface area contributed by atoms with Gasteiger partial charge in [0.1, 0.15) is 0 Å². The number of carbonyl (C=O) groups is 2. The van der Waals surface area contributed by atoms with Crippen LogP contribution in [0.3, 0.4) is 0 Å². The molecule has 0 aliphatic carbocycles. The molecule has 4 nitrogen and oxygen atoms in total. The molecule has 0 heterocycles. The third kappa shape index (κ3) is 5.77. The number of esters is 2. The summed E-state index contributed by atoms with van der Waals surface area (Å²) in [4.78, 5) is 25.4. The van der Waals surface area contributed by atoms with Crippen molar-refractivity contribution in [2.75, 3.05) is 6.61 Å². The van der Waals surface area contributed by atoms with Crippen LogP contribution in [0.1, 0.15) is 59.3 Å². The third-order valence-corrected chi connectivity index (χ3v) is 5.16. The van der Waals surface area contributed by atoms with Crippen molar-refractivity contribution in [2.45, 2.75) is 59.3 Å². The predicted molar refractivity (Wildman–Crippen MR) is 105 cm³/mol. The largest absolute Gasteiger partial charge is 0.465 e. The number of ether oxygens (including phenoxy) is 2. The van der Waals surface area contributed by atoms with E-state index in [1.807, 2.05) is 0 Å². The first kappa shape index (κ1) is 23.1. The highest BCUT2D eigenvalue weighted by molar-refractivity contribution is 6.40. The smallest absolute Gasteiger partial charge is 0.328 e. The van der Waals surface area contributed by atoms with Gasteiger partial charge in [-0.2, -0.15) is 0 Å². The van der Waals surface area contributed by atoms with Gasteiger partial charge in [-0.25, -0.2) is 0 Å². The Bertz CT molecular complexity index is 604. The number of rotatable bonds is 10. The number of hydrogen-bond acceptors (Lipinski definition) is 4. The van der Waals surface area contributed by atoms with Crippen molar-refractivity contribution >= 4 is 46.7 Å². The Hall–Kier alpha value is -0.970. The average Bonchev–Trinajstić information content (AvgIpc) is 2.59. The number of hydrogen-bond donors (Lipinski definition) is 0. The number of unbranched alkanes of at least 4 members (excludes halogenated alkanes) is 3. The molecule has 0 aliphatic heterocycles. The number of carbonyl (C=O) groups excluding carboxylic acids is 2. The molecule has 0 saturated carbocycles. The Morgan fingerprint density at radius 2 is 1.50 bits per heavy atom. The lowest BCUT2D eigenvalue weighted by atomic mass is 9.82. The summed E-state index contributed by atoms with van der Waals surface area (Å²) in [5.74, 6) is -1.32. The van der Waals surface area contributed by atoms with Crippen molar-refractivity contribution in [1.82, 2.24) is 0 Å². The monoisotopic (exact) mass is 422 g/mol. The molecule has 1 rings (SSSR count). The van der Waals surface area contributed by atoms with Crippen LogP contribution in [0.5, 0.6) is 5.75 Å². The Morgan fingerprint density at radius 3 is 2.00 bits per heavy atom. The van der Waals surface area contributed by atoms with Gasteiger partial charge in [-0.15, -0.1) is 0 Å². The first-order valence-electron chi connectivity index (χ1n) is 8.86. The minimum Gasteiger partial charge on any atom is -0.465 e. The van der Waals surface area contributed by atoms with Crippen molar-refractivity contribution in [3.63, 3.8) is 0 Å². The van der Waals surface area contributed by atoms with Gasteiger partial charge in [0.25, 0.3) is 0 Å². The van der Waals surface area contributed by atoms with Gasteiger partial charge in [-0.3, -0.25) is 9.59 Å². The van der Waals surface area contributed by atoms with E-state index in [1.54, 1.807) is 13.8 Å². The van der Waals surface area contributed by atoms with Gasteiger partial charge >= 0.3 is 11.9 Å². The van der Waals surface area contributed by atoms with E-state index in [4.69, 9.17) is 44.3 Å². The molecule has 0 atom stereocenters. The molecular formula is C19H25Cl3O4. The van der Waals surface area contributed by atoms with Crippen LogP contribution in [0.15, 0.2) is 12.1 Å². The fourth-order valence-corrected chi connectivity index (χ4v) is 3.45. The summed E-state index contributed by atoms with van der Waals surface area (Å²) >= 11 is 18.0. The fourth-order valence-electron chi connectivity index (χ4n) is 2.56. The summed E-state index contributed by atoms with van der Waals surface area (Å²) in [5, 5.41) is 0.526. The predicted octanol–water partition coefficient (Wildman–Crippen LogP) is 6.48. The first-order chi connectivity index (χ1) is 12.3. The summed E-state index contributed by atoms with van der Waals surface area (Å²) in [7, 11) is 0. The average molecular weight is 424 g/mol. The van der Waals surface area contributed by atoms with Crippen LogP contribution in [-0.2, 0) is 14.3 Å². The van der Waals surface area contributed by atoms with Crippen LogP contribution in [0.4, 0.5) is 0 Å². The van der Waals surface area contributed by atoms with Crippen LogP contribution >= 0.6 is 34.8 Å². The molecule has 0 saturated heterocycles. The first-order valence-corrected chi connectivity index (χ1v) is 9.99. The summed E-state index contributed by atoms with van der Waals surface area (Å²) in [5.41, 5.74) is -1.39. The van der Waals surface area contributed by atoms with Crippen LogP contribution < -0.4 is 4.74 Å². The molecule has 0 spiro atoms. The molecule has 1 aromatic rings. The molecule has 146 valence electrons. The second kappa shape index (κ2) is 11.0. The van der Waals surface area contributed by atoms with E-state index >= 15 is 0 Å². The highest BCUT2D eigenvalue weighted by Crippen LogP contribution is 2.38. The maximum atomic E-state index is 12.8. The molecule has 0 unspecified atom stereocenters. The zero-order chi connectivity index (χ0) is 19.7. The molecule has 0 aromatic heterocycles. The number of halogens is 3. The highest BCUT2D eigenvalue weighted by atomic mass is 35.5. The molecule has 7 heteroatoms. The van der Waals surface area contributed by atoms with Crippen LogP contribution in [0.25, 0.3) is 0 Å². The molecule has 0 bridgehead atoms. The minimum atomic E-state index is -1.39. The highest BCUT2D eigenvalue weighted by Gasteiger charge is 2.46. The maximum Gasteiger partial charge on any atom is 0.328 e. The Morgan fingerprint density at radius 1 is 0.923 bits per heavy atom. The van der Waals surface area contributed by atoms with E-state index < -0.39 is 17.4 Å². The topological polar surface area (TPSA) is 52.6 Å². The summed E-state index contributed by atoms with van der Waals surface area (Å²) < 4.78 is 10.7. The SMILES string of the molecule is CCCCCCOC(=O)C(CC)(CC)C(=O)Oc1c(Cl)cc(Cl)cc1Cl. The minimum absolute atomic E-state index is 0.00949. The molecule has 0 fully saturated rings. The zero-order valence-corrected chi connectivity index (χ0v) is 17.6. The normalized spacial score (nSPS) is 11.3. The van der Waals surface area contributed by atoms with E-state index in [1.165, 1.54) is 12.1 Å². The van der Waals surface area contributed by atoms with E-state index in [2.05, 4.69) is 6.92 Å². The summed E-state index contributed by atoms with van der Waals surface area (Å²) in [6.07, 6.45) is 4.43. The van der Waals surface area contributed by atoms with Crippen molar-refractivity contribution in [3.8, 4) is 5.75 Å². The summed E-state index contributed by atoms with van der Waals surface area (Å²) in [6, 6.07) is 2.84. The maximum absolute atomic E-state index is 12.8. The fraction of sp³-hybridized carbons (Fsp3) is 0.579. The second-order valence-corrected chi connectivity index (χ2v) is 7.32. The molecule has 0 amide bonds. The Labute approximate surface area is 170 Å². The zero-order valence-electron chi connectivity index (χ0n) is 15.4. The molecular weight excluding hydrogens is 399 g/mol. The third-order valence-electron chi connectivity index (χ3n) is 4.38. The standard InChI is InChI=1S/C19H25Cl3O4/c1-4-7-8-9-10-25-17(23)19(5-2,6-3)18(24)26-16-14(21)11-13(20)12-15(16)22/h11-12H,4-10H2,1-3H3. The van der Waals surface area contributed by atoms with Gasteiger partial charge < -0.3 is 9.47 Å². The second-order valence-electron chi connectivity index (χ2n) is 6.07. The lowest BCUT2D eigenvalue weighted by molar-refractivity contribution is -0.168. The van der Waals surface area contributed by atoms with Crippen LogP contribution in [0.2, 0.25) is 15.1 Å². The van der Waals surface area contributed by atoms with Gasteiger partial charge in [0, 0.05) is 5.02 Å². The van der Waals surface area contributed by atoms with Crippen molar-refractivity contribution in [1.29, 1.82) is 0 Å². The van der Waals surface area contributed by atoms with Gasteiger partial charge in [0.05, 0.1) is 16.7 Å². The van der Waals surface area contributed by atoms with Gasteiger partial charge in [-0.1, -0.05) is 74.8 Å². The Balaban J connectivity index is 2.90. The van der Waals surface area contributed by atoms with Gasteiger partial charge in [0.2, 0.25) is 0 Å². The Kier molecular flexibility index (Phi) is 9.77. The van der Waals surface area contributed by atoms with E-state index in [9.17, 15) is 9.59 Å². The van der Waals surface area contributed by atoms with Crippen molar-refractivity contribution in [3.05, 3.63) is 27.2 Å². The van der Waals surface area contributed by atoms with Crippen molar-refractivity contribution in [2.24, 2.45) is 5.41 Å². The quantitative estimate of drug-likeness (QED) is 0.187. The molecule has 26 heavy (non-hydrogen) atoms.